The quantitative estimate of drug-likeness (QED) is 0.472. The van der Waals surface area contributed by atoms with Crippen molar-refractivity contribution in [3.63, 3.8) is 0 Å². The highest BCUT2D eigenvalue weighted by Crippen LogP contribution is 2.42. The minimum Gasteiger partial charge on any atom is -0.446 e. The lowest BCUT2D eigenvalue weighted by Crippen LogP contribution is -2.52. The van der Waals surface area contributed by atoms with Crippen molar-refractivity contribution in [1.29, 1.82) is 0 Å². The second kappa shape index (κ2) is 11.0. The minimum absolute atomic E-state index is 0.0461. The number of carbonyl (C=O) groups excluding carboxylic acids is 3. The number of carbonyl (C=O) groups is 3. The van der Waals surface area contributed by atoms with E-state index in [4.69, 9.17) is 14.7 Å². The van der Waals surface area contributed by atoms with Gasteiger partial charge in [-0.3, -0.25) is 9.59 Å². The first kappa shape index (κ1) is 27.1. The highest BCUT2D eigenvalue weighted by molar-refractivity contribution is 6.13. The topological polar surface area (TPSA) is 102 Å². The molecule has 5 saturated heterocycles. The zero-order valence-corrected chi connectivity index (χ0v) is 24.0. The van der Waals surface area contributed by atoms with Gasteiger partial charge in [-0.15, -0.1) is 0 Å². The highest BCUT2D eigenvalue weighted by atomic mass is 16.6. The first-order chi connectivity index (χ1) is 19.4. The molecular formula is C29H43N7O4. The molecule has 6 rings (SSSR count). The van der Waals surface area contributed by atoms with E-state index >= 15 is 0 Å². The molecule has 0 spiro atoms. The maximum atomic E-state index is 13.4. The fourth-order valence-corrected chi connectivity index (χ4v) is 7.11. The van der Waals surface area contributed by atoms with Gasteiger partial charge < -0.3 is 29.2 Å². The maximum Gasteiger partial charge on any atom is 0.409 e. The number of ether oxygens (including phenoxy) is 1. The highest BCUT2D eigenvalue weighted by Gasteiger charge is 2.60. The number of aromatic nitrogens is 2. The van der Waals surface area contributed by atoms with Crippen LogP contribution in [0.1, 0.15) is 58.8 Å². The van der Waals surface area contributed by atoms with E-state index in [1.807, 2.05) is 13.8 Å². The minimum atomic E-state index is -0.979. The van der Waals surface area contributed by atoms with E-state index in [-0.39, 0.29) is 24.2 Å². The summed E-state index contributed by atoms with van der Waals surface area (Å²) in [5, 5.41) is 0. The van der Waals surface area contributed by atoms with Crippen molar-refractivity contribution in [2.24, 2.45) is 11.8 Å². The van der Waals surface area contributed by atoms with Gasteiger partial charge >= 0.3 is 6.09 Å². The molecule has 1 aromatic rings. The standard InChI is InChI=1S/C29H43N7O4/c1-21(2)18-22-25(37)29(8-7-13-36(29)26(22)38)20-40-28(39)35-16-14-33(15-17-35)24-19-23(32-9-3-4-10-32)30-27(31-24)34-11-5-6-12-34/h19,21-22H,3-18,20H2,1-2H3. The molecule has 0 aliphatic carbocycles. The summed E-state index contributed by atoms with van der Waals surface area (Å²) in [5.41, 5.74) is -0.979. The smallest absolute Gasteiger partial charge is 0.409 e. The van der Waals surface area contributed by atoms with Crippen LogP contribution in [0.15, 0.2) is 6.07 Å². The van der Waals surface area contributed by atoms with Crippen LogP contribution in [-0.4, -0.2) is 109 Å². The van der Waals surface area contributed by atoms with Crippen LogP contribution < -0.4 is 14.7 Å². The molecule has 0 saturated carbocycles. The van der Waals surface area contributed by atoms with Crippen LogP contribution in [0.2, 0.25) is 0 Å². The third-order valence-corrected chi connectivity index (χ3v) is 9.34. The number of anilines is 3. The van der Waals surface area contributed by atoms with E-state index in [9.17, 15) is 14.4 Å². The van der Waals surface area contributed by atoms with Gasteiger partial charge in [0.2, 0.25) is 11.9 Å². The molecule has 5 aliphatic rings. The van der Waals surface area contributed by atoms with Gasteiger partial charge in [0, 0.05) is 65.0 Å². The van der Waals surface area contributed by atoms with Gasteiger partial charge in [-0.2, -0.15) is 9.97 Å². The Balaban J connectivity index is 1.09. The van der Waals surface area contributed by atoms with Crippen LogP contribution in [0.25, 0.3) is 0 Å². The van der Waals surface area contributed by atoms with Crippen LogP contribution in [0, 0.1) is 11.8 Å². The number of Topliss-reactive ketones (excluding diaryl/α,β-unsaturated/α-hetero) is 1. The molecule has 2 atom stereocenters. The second-order valence-corrected chi connectivity index (χ2v) is 12.5. The molecule has 0 radical (unpaired) electrons. The second-order valence-electron chi connectivity index (χ2n) is 12.5. The Labute approximate surface area is 236 Å². The first-order valence-corrected chi connectivity index (χ1v) is 15.3. The number of ketones is 1. The van der Waals surface area contributed by atoms with Crippen LogP contribution in [0.3, 0.4) is 0 Å². The largest absolute Gasteiger partial charge is 0.446 e. The van der Waals surface area contributed by atoms with Crippen molar-refractivity contribution >= 4 is 35.4 Å². The molecule has 0 N–H and O–H groups in total. The third kappa shape index (κ3) is 4.96. The van der Waals surface area contributed by atoms with E-state index in [2.05, 4.69) is 20.8 Å². The number of nitrogens with zero attached hydrogens (tertiary/aromatic N) is 7. The van der Waals surface area contributed by atoms with E-state index in [0.717, 1.165) is 50.2 Å². The summed E-state index contributed by atoms with van der Waals surface area (Å²) < 4.78 is 5.77. The normalized spacial score (nSPS) is 27.0. The zero-order valence-electron chi connectivity index (χ0n) is 24.0. The summed E-state index contributed by atoms with van der Waals surface area (Å²) in [6, 6.07) is 2.10. The van der Waals surface area contributed by atoms with Crippen molar-refractivity contribution in [1.82, 2.24) is 19.8 Å². The SMILES string of the molecule is CC(C)CC1C(=O)N2CCCC2(COC(=O)N2CCN(c3cc(N4CCCC4)nc(N4CCCC4)n3)CC2)C1=O. The van der Waals surface area contributed by atoms with Gasteiger partial charge in [0.1, 0.15) is 23.8 Å². The number of piperazine rings is 1. The van der Waals surface area contributed by atoms with Crippen molar-refractivity contribution < 1.29 is 19.1 Å². The van der Waals surface area contributed by atoms with Gasteiger partial charge in [-0.1, -0.05) is 13.8 Å². The first-order valence-electron chi connectivity index (χ1n) is 15.3. The third-order valence-electron chi connectivity index (χ3n) is 9.34. The molecule has 5 aliphatic heterocycles. The van der Waals surface area contributed by atoms with Gasteiger partial charge in [-0.25, -0.2) is 4.79 Å². The number of hydrogen-bond acceptors (Lipinski definition) is 9. The number of fused-ring (bicyclic) bond motifs is 1. The maximum absolute atomic E-state index is 13.4. The molecule has 2 amide bonds. The molecule has 40 heavy (non-hydrogen) atoms. The van der Waals surface area contributed by atoms with E-state index in [1.165, 1.54) is 25.7 Å². The lowest BCUT2D eigenvalue weighted by Gasteiger charge is -2.36. The average Bonchev–Trinajstić information content (AvgIpc) is 3.77. The predicted molar refractivity (Wildman–Crippen MR) is 152 cm³/mol. The molecule has 11 heteroatoms. The summed E-state index contributed by atoms with van der Waals surface area (Å²) >= 11 is 0. The van der Waals surface area contributed by atoms with E-state index < -0.39 is 17.6 Å². The Kier molecular flexibility index (Phi) is 7.48. The molecular weight excluding hydrogens is 510 g/mol. The molecule has 6 heterocycles. The van der Waals surface area contributed by atoms with Crippen molar-refractivity contribution in [2.45, 2.75) is 64.3 Å². The fourth-order valence-electron chi connectivity index (χ4n) is 7.11. The Morgan fingerprint density at radius 2 is 1.48 bits per heavy atom. The Bertz CT molecular complexity index is 1090. The Hall–Kier alpha value is -3.11. The number of amides is 2. The van der Waals surface area contributed by atoms with Gasteiger partial charge in [0.25, 0.3) is 0 Å². The Morgan fingerprint density at radius 3 is 2.10 bits per heavy atom. The van der Waals surface area contributed by atoms with Crippen molar-refractivity contribution in [2.75, 3.05) is 80.2 Å². The molecule has 5 fully saturated rings. The fraction of sp³-hybridized carbons (Fsp3) is 0.759. The Morgan fingerprint density at radius 1 is 0.875 bits per heavy atom. The summed E-state index contributed by atoms with van der Waals surface area (Å²) in [5.74, 6) is 2.22. The predicted octanol–water partition coefficient (Wildman–Crippen LogP) is 2.54. The zero-order chi connectivity index (χ0) is 27.9. The summed E-state index contributed by atoms with van der Waals surface area (Å²) in [6.45, 7) is 10.9. The molecule has 2 unspecified atom stereocenters. The lowest BCUT2D eigenvalue weighted by atomic mass is 9.85. The van der Waals surface area contributed by atoms with Gasteiger partial charge in [-0.05, 0) is 50.9 Å². The van der Waals surface area contributed by atoms with Gasteiger partial charge in [0.15, 0.2) is 5.78 Å². The van der Waals surface area contributed by atoms with E-state index in [1.54, 1.807) is 9.80 Å². The molecule has 1 aromatic heterocycles. The van der Waals surface area contributed by atoms with Crippen LogP contribution in [0.4, 0.5) is 22.4 Å². The van der Waals surface area contributed by atoms with Crippen molar-refractivity contribution in [3.05, 3.63) is 6.07 Å². The molecule has 0 aromatic carbocycles. The van der Waals surface area contributed by atoms with Crippen LogP contribution in [-0.2, 0) is 14.3 Å². The average molecular weight is 554 g/mol. The monoisotopic (exact) mass is 553 g/mol. The van der Waals surface area contributed by atoms with Crippen molar-refractivity contribution in [3.8, 4) is 0 Å². The molecule has 11 nitrogen and oxygen atoms in total. The van der Waals surface area contributed by atoms with Crippen LogP contribution >= 0.6 is 0 Å². The number of hydrogen-bond donors (Lipinski definition) is 0. The van der Waals surface area contributed by atoms with E-state index in [0.29, 0.717) is 45.6 Å². The molecule has 218 valence electrons. The summed E-state index contributed by atoms with van der Waals surface area (Å²) in [4.78, 5) is 59.7. The number of rotatable bonds is 7. The summed E-state index contributed by atoms with van der Waals surface area (Å²) in [7, 11) is 0. The van der Waals surface area contributed by atoms with Gasteiger partial charge in [0.05, 0.1) is 5.92 Å². The lowest BCUT2D eigenvalue weighted by molar-refractivity contribution is -0.133. The molecule has 0 bridgehead atoms. The van der Waals surface area contributed by atoms with Crippen LogP contribution in [0.5, 0.6) is 0 Å². The summed E-state index contributed by atoms with van der Waals surface area (Å²) in [6.07, 6.45) is 6.20.